The minimum Gasteiger partial charge on any atom is -0.392 e. The molecule has 0 aromatic rings. The molecule has 3 aliphatic carbocycles. The van der Waals surface area contributed by atoms with Gasteiger partial charge in [-0.05, 0) is 49.5 Å². The lowest BCUT2D eigenvalue weighted by atomic mass is 9.69. The van der Waals surface area contributed by atoms with Crippen molar-refractivity contribution >= 4 is 0 Å². The summed E-state index contributed by atoms with van der Waals surface area (Å²) >= 11 is 0. The Morgan fingerprint density at radius 2 is 2.00 bits per heavy atom. The second-order valence-corrected chi connectivity index (χ2v) is 9.44. The van der Waals surface area contributed by atoms with Crippen LogP contribution in [0.2, 0.25) is 0 Å². The van der Waals surface area contributed by atoms with Gasteiger partial charge in [-0.3, -0.25) is 0 Å². The highest BCUT2D eigenvalue weighted by Crippen LogP contribution is 2.55. The molecule has 0 aliphatic heterocycles. The van der Waals surface area contributed by atoms with Gasteiger partial charge in [-0.15, -0.1) is 0 Å². The van der Waals surface area contributed by atoms with Gasteiger partial charge in [0.2, 0.25) is 0 Å². The molecule has 0 saturated heterocycles. The van der Waals surface area contributed by atoms with E-state index in [9.17, 15) is 10.2 Å². The van der Waals surface area contributed by atoms with E-state index in [1.54, 1.807) is 14.2 Å². The third kappa shape index (κ3) is 3.97. The first-order valence-electron chi connectivity index (χ1n) is 10.7. The van der Waals surface area contributed by atoms with Gasteiger partial charge in [0.1, 0.15) is 12.4 Å². The summed E-state index contributed by atoms with van der Waals surface area (Å²) in [5, 5.41) is 22.4. The van der Waals surface area contributed by atoms with Gasteiger partial charge in [-0.25, -0.2) is 0 Å². The van der Waals surface area contributed by atoms with Gasteiger partial charge in [-0.1, -0.05) is 38.0 Å². The average Bonchev–Trinajstić information content (AvgIpc) is 3.12. The van der Waals surface area contributed by atoms with Gasteiger partial charge >= 0.3 is 0 Å². The fraction of sp³-hybridized carbons (Fsp3) is 0.826. The zero-order valence-electron chi connectivity index (χ0n) is 18.2. The largest absolute Gasteiger partial charge is 0.392 e. The Labute approximate surface area is 169 Å². The number of allylic oxidation sites excluding steroid dienone is 1. The molecule has 0 aromatic heterocycles. The number of rotatable bonds is 7. The summed E-state index contributed by atoms with van der Waals surface area (Å²) in [4.78, 5) is 0. The summed E-state index contributed by atoms with van der Waals surface area (Å²) in [7, 11) is 3.28. The van der Waals surface area contributed by atoms with Crippen LogP contribution in [0.15, 0.2) is 22.8 Å². The first kappa shape index (κ1) is 22.0. The lowest BCUT2D eigenvalue weighted by Gasteiger charge is -2.38. The molecule has 0 amide bonds. The maximum atomic E-state index is 11.3. The van der Waals surface area contributed by atoms with E-state index in [-0.39, 0.29) is 17.3 Å². The van der Waals surface area contributed by atoms with Crippen molar-refractivity contribution < 1.29 is 24.4 Å². The van der Waals surface area contributed by atoms with Gasteiger partial charge in [0, 0.05) is 25.6 Å². The molecule has 0 bridgehead atoms. The van der Waals surface area contributed by atoms with E-state index in [2.05, 4.69) is 26.8 Å². The number of aliphatic hydroxyl groups is 2. The van der Waals surface area contributed by atoms with Crippen LogP contribution in [0.3, 0.4) is 0 Å². The third-order valence-corrected chi connectivity index (χ3v) is 7.47. The standard InChI is InChI=1S/C23H38O5/c1-15(12-28-14-27-5)17-6-8-22(3)11-20-18(7-9-23(20,25)13-26-4)16(2)21(24)10-19(17)22/h11,15-16,18,21,24-25H,6-10,12-14H2,1-5H3/b20-11+/t15-,16-,18+,21+,22-,23+/m1/s1. The van der Waals surface area contributed by atoms with Crippen molar-refractivity contribution in [3.05, 3.63) is 22.8 Å². The van der Waals surface area contributed by atoms with Gasteiger partial charge < -0.3 is 24.4 Å². The molecule has 0 aromatic carbocycles. The monoisotopic (exact) mass is 394 g/mol. The van der Waals surface area contributed by atoms with Crippen molar-refractivity contribution in [3.8, 4) is 0 Å². The average molecular weight is 395 g/mol. The fourth-order valence-corrected chi connectivity index (χ4v) is 5.77. The molecule has 1 fully saturated rings. The molecule has 0 spiro atoms. The zero-order valence-corrected chi connectivity index (χ0v) is 18.2. The molecule has 28 heavy (non-hydrogen) atoms. The Balaban J connectivity index is 1.99. The van der Waals surface area contributed by atoms with E-state index in [1.165, 1.54) is 11.1 Å². The normalized spacial score (nSPS) is 41.1. The third-order valence-electron chi connectivity index (χ3n) is 7.47. The number of hydrogen-bond acceptors (Lipinski definition) is 5. The van der Waals surface area contributed by atoms with Crippen molar-refractivity contribution in [1.82, 2.24) is 0 Å². The Bertz CT molecular complexity index is 626. The molecule has 3 aliphatic rings. The van der Waals surface area contributed by atoms with E-state index in [1.807, 2.05) is 0 Å². The predicted molar refractivity (Wildman–Crippen MR) is 109 cm³/mol. The number of fused-ring (bicyclic) bond motifs is 2. The molecule has 3 rings (SSSR count). The van der Waals surface area contributed by atoms with Crippen LogP contribution in [0.4, 0.5) is 0 Å². The van der Waals surface area contributed by atoms with Gasteiger partial charge in [0.05, 0.1) is 19.3 Å². The van der Waals surface area contributed by atoms with E-state index < -0.39 is 11.7 Å². The molecule has 0 radical (unpaired) electrons. The van der Waals surface area contributed by atoms with Crippen molar-refractivity contribution in [3.63, 3.8) is 0 Å². The number of aliphatic hydroxyl groups excluding tert-OH is 1. The highest BCUT2D eigenvalue weighted by molar-refractivity contribution is 5.40. The topological polar surface area (TPSA) is 68.2 Å². The molecule has 5 nitrogen and oxygen atoms in total. The fourth-order valence-electron chi connectivity index (χ4n) is 5.77. The first-order chi connectivity index (χ1) is 13.3. The summed E-state index contributed by atoms with van der Waals surface area (Å²) in [5.41, 5.74) is 2.82. The predicted octanol–water partition coefficient (Wildman–Crippen LogP) is 3.45. The molecule has 1 saturated carbocycles. The molecule has 5 heteroatoms. The lowest BCUT2D eigenvalue weighted by molar-refractivity contribution is -0.0383. The minimum absolute atomic E-state index is 0.119. The van der Waals surface area contributed by atoms with Gasteiger partial charge in [0.25, 0.3) is 0 Å². The van der Waals surface area contributed by atoms with Crippen molar-refractivity contribution in [2.45, 2.75) is 64.6 Å². The summed E-state index contributed by atoms with van der Waals surface area (Å²) in [6, 6.07) is 0. The number of methoxy groups -OCH3 is 2. The summed E-state index contributed by atoms with van der Waals surface area (Å²) < 4.78 is 16.0. The van der Waals surface area contributed by atoms with Crippen LogP contribution in [-0.4, -0.2) is 56.1 Å². The highest BCUT2D eigenvalue weighted by Gasteiger charge is 2.50. The van der Waals surface area contributed by atoms with Crippen molar-refractivity contribution in [1.29, 1.82) is 0 Å². The van der Waals surface area contributed by atoms with Crippen molar-refractivity contribution in [2.24, 2.45) is 23.2 Å². The smallest absolute Gasteiger partial charge is 0.146 e. The summed E-state index contributed by atoms with van der Waals surface area (Å²) in [6.07, 6.45) is 6.31. The molecule has 6 atom stereocenters. The molecular weight excluding hydrogens is 356 g/mol. The van der Waals surface area contributed by atoms with Crippen LogP contribution >= 0.6 is 0 Å². The lowest BCUT2D eigenvalue weighted by Crippen LogP contribution is -2.38. The Hall–Kier alpha value is -0.720. The van der Waals surface area contributed by atoms with Crippen LogP contribution in [0.5, 0.6) is 0 Å². The second kappa shape index (κ2) is 8.57. The van der Waals surface area contributed by atoms with E-state index in [4.69, 9.17) is 14.2 Å². The van der Waals surface area contributed by atoms with Crippen LogP contribution < -0.4 is 0 Å². The number of hydrogen-bond donors (Lipinski definition) is 2. The van der Waals surface area contributed by atoms with Crippen LogP contribution in [0.25, 0.3) is 0 Å². The van der Waals surface area contributed by atoms with Crippen LogP contribution in [0, 0.1) is 23.2 Å². The maximum absolute atomic E-state index is 11.3. The van der Waals surface area contributed by atoms with E-state index in [0.717, 1.165) is 24.8 Å². The molecule has 2 N–H and O–H groups in total. The Morgan fingerprint density at radius 1 is 1.25 bits per heavy atom. The van der Waals surface area contributed by atoms with Gasteiger partial charge in [-0.2, -0.15) is 0 Å². The maximum Gasteiger partial charge on any atom is 0.146 e. The molecular formula is C23H38O5. The van der Waals surface area contributed by atoms with Gasteiger partial charge in [0.15, 0.2) is 0 Å². The highest BCUT2D eigenvalue weighted by atomic mass is 16.7. The van der Waals surface area contributed by atoms with Crippen molar-refractivity contribution in [2.75, 3.05) is 34.2 Å². The first-order valence-corrected chi connectivity index (χ1v) is 10.7. The SMILES string of the molecule is COCOC[C@@H](C)C1=C2C[C@H](O)[C@H](C)[C@@H]3CC[C@](O)(COC)/C3=C/[C@@]2(C)CC1. The number of ether oxygens (including phenoxy) is 3. The zero-order chi connectivity index (χ0) is 20.5. The van der Waals surface area contributed by atoms with E-state index in [0.29, 0.717) is 38.8 Å². The second-order valence-electron chi connectivity index (χ2n) is 9.44. The minimum atomic E-state index is -0.908. The Morgan fingerprint density at radius 3 is 2.68 bits per heavy atom. The van der Waals surface area contributed by atoms with E-state index >= 15 is 0 Å². The quantitative estimate of drug-likeness (QED) is 0.393. The Kier molecular flexibility index (Phi) is 6.72. The summed E-state index contributed by atoms with van der Waals surface area (Å²) in [5.74, 6) is 0.639. The van der Waals surface area contributed by atoms with Crippen LogP contribution in [-0.2, 0) is 14.2 Å². The molecule has 0 heterocycles. The van der Waals surface area contributed by atoms with Crippen LogP contribution in [0.1, 0.15) is 52.9 Å². The molecule has 160 valence electrons. The summed E-state index contributed by atoms with van der Waals surface area (Å²) in [6.45, 7) is 7.86. The molecule has 0 unspecified atom stereocenters.